The van der Waals surface area contributed by atoms with Crippen molar-refractivity contribution in [2.75, 3.05) is 26.3 Å². The molecule has 1 amide bonds. The van der Waals surface area contributed by atoms with E-state index in [9.17, 15) is 4.79 Å². The van der Waals surface area contributed by atoms with Gasteiger partial charge in [0, 0.05) is 5.56 Å². The lowest BCUT2D eigenvalue weighted by molar-refractivity contribution is -0.114. The highest BCUT2D eigenvalue weighted by molar-refractivity contribution is 6.37. The van der Waals surface area contributed by atoms with E-state index in [1.54, 1.807) is 21.3 Å². The Balaban J connectivity index is 1.81. The van der Waals surface area contributed by atoms with Crippen molar-refractivity contribution in [3.63, 3.8) is 0 Å². The summed E-state index contributed by atoms with van der Waals surface area (Å²) in [6.45, 7) is 0. The van der Waals surface area contributed by atoms with Crippen LogP contribution in [0.5, 0.6) is 17.2 Å². The van der Waals surface area contributed by atoms with Crippen LogP contribution in [-0.4, -0.2) is 32.9 Å². The lowest BCUT2D eigenvalue weighted by Crippen LogP contribution is -2.21. The van der Waals surface area contributed by atoms with Crippen molar-refractivity contribution in [1.29, 1.82) is 0 Å². The van der Waals surface area contributed by atoms with Crippen molar-refractivity contribution in [2.45, 2.75) is 0 Å². The first-order valence-electron chi connectivity index (χ1n) is 9.71. The quantitative estimate of drug-likeness (QED) is 0.556. The standard InChI is InChI=1S/C25H22N2O4/c1-29-20-12-10-18(11-13-20)24-21(15-17-9-14-22(30-2)23(16-17)31-3)25(28)27(26-24)19-7-5-4-6-8-19/h4-16H,1-3H3/b21-15-. The molecule has 6 nitrogen and oxygen atoms in total. The van der Waals surface area contributed by atoms with Crippen LogP contribution in [0.3, 0.4) is 0 Å². The molecule has 3 aromatic carbocycles. The Morgan fingerprint density at radius 1 is 0.806 bits per heavy atom. The van der Waals surface area contributed by atoms with Gasteiger partial charge in [0.25, 0.3) is 5.91 Å². The van der Waals surface area contributed by atoms with Gasteiger partial charge < -0.3 is 14.2 Å². The van der Waals surface area contributed by atoms with Gasteiger partial charge in [0.1, 0.15) is 11.5 Å². The van der Waals surface area contributed by atoms with Crippen LogP contribution in [0.1, 0.15) is 11.1 Å². The molecule has 0 saturated carbocycles. The third kappa shape index (κ3) is 4.00. The zero-order valence-corrected chi connectivity index (χ0v) is 17.5. The Hall–Kier alpha value is -4.06. The van der Waals surface area contributed by atoms with E-state index in [1.807, 2.05) is 78.9 Å². The van der Waals surface area contributed by atoms with Gasteiger partial charge in [0.05, 0.1) is 32.6 Å². The molecule has 0 aromatic heterocycles. The van der Waals surface area contributed by atoms with Crippen LogP contribution in [0.25, 0.3) is 6.08 Å². The van der Waals surface area contributed by atoms with Crippen molar-refractivity contribution in [2.24, 2.45) is 5.10 Å². The van der Waals surface area contributed by atoms with Gasteiger partial charge in [-0.15, -0.1) is 0 Å². The fourth-order valence-electron chi connectivity index (χ4n) is 3.36. The maximum Gasteiger partial charge on any atom is 0.281 e. The summed E-state index contributed by atoms with van der Waals surface area (Å²) in [4.78, 5) is 13.4. The minimum atomic E-state index is -0.202. The molecule has 0 fully saturated rings. The summed E-state index contributed by atoms with van der Waals surface area (Å²) in [5.74, 6) is 1.74. The Labute approximate surface area is 181 Å². The number of nitrogens with zero attached hydrogens (tertiary/aromatic N) is 2. The smallest absolute Gasteiger partial charge is 0.281 e. The molecule has 0 bridgehead atoms. The maximum atomic E-state index is 13.4. The van der Waals surface area contributed by atoms with E-state index in [4.69, 9.17) is 14.2 Å². The monoisotopic (exact) mass is 414 g/mol. The summed E-state index contributed by atoms with van der Waals surface area (Å²) < 4.78 is 16.0. The zero-order chi connectivity index (χ0) is 21.8. The summed E-state index contributed by atoms with van der Waals surface area (Å²) in [5.41, 5.74) is 3.40. The highest BCUT2D eigenvalue weighted by Gasteiger charge is 2.32. The number of hydrogen-bond donors (Lipinski definition) is 0. The van der Waals surface area contributed by atoms with E-state index in [-0.39, 0.29) is 5.91 Å². The van der Waals surface area contributed by atoms with Gasteiger partial charge in [-0.2, -0.15) is 10.1 Å². The molecule has 0 N–H and O–H groups in total. The Morgan fingerprint density at radius 2 is 1.52 bits per heavy atom. The summed E-state index contributed by atoms with van der Waals surface area (Å²) in [7, 11) is 4.78. The third-order valence-electron chi connectivity index (χ3n) is 4.96. The normalized spacial score (nSPS) is 14.5. The van der Waals surface area contributed by atoms with E-state index in [2.05, 4.69) is 5.10 Å². The number of rotatable bonds is 6. The van der Waals surface area contributed by atoms with Crippen molar-refractivity contribution in [3.05, 3.63) is 89.5 Å². The second-order valence-corrected chi connectivity index (χ2v) is 6.80. The summed E-state index contributed by atoms with van der Waals surface area (Å²) in [6, 6.07) is 22.4. The maximum absolute atomic E-state index is 13.4. The first-order valence-corrected chi connectivity index (χ1v) is 9.71. The van der Waals surface area contributed by atoms with Gasteiger partial charge in [0.15, 0.2) is 11.5 Å². The van der Waals surface area contributed by atoms with Crippen molar-refractivity contribution in [3.8, 4) is 17.2 Å². The molecule has 3 aromatic rings. The molecule has 1 aliphatic heterocycles. The first-order chi connectivity index (χ1) is 15.1. The molecular weight excluding hydrogens is 392 g/mol. The zero-order valence-electron chi connectivity index (χ0n) is 17.5. The molecule has 31 heavy (non-hydrogen) atoms. The fourth-order valence-corrected chi connectivity index (χ4v) is 3.36. The van der Waals surface area contributed by atoms with E-state index in [1.165, 1.54) is 5.01 Å². The second-order valence-electron chi connectivity index (χ2n) is 6.80. The van der Waals surface area contributed by atoms with E-state index >= 15 is 0 Å². The number of amides is 1. The SMILES string of the molecule is COc1ccc(C2=NN(c3ccccc3)C(=O)/C2=C\c2ccc(OC)c(OC)c2)cc1. The number of hydrogen-bond acceptors (Lipinski definition) is 5. The van der Waals surface area contributed by atoms with Crippen LogP contribution in [0.2, 0.25) is 0 Å². The van der Waals surface area contributed by atoms with Crippen LogP contribution in [0.15, 0.2) is 83.5 Å². The predicted octanol–water partition coefficient (Wildman–Crippen LogP) is 4.55. The number of ether oxygens (including phenoxy) is 3. The van der Waals surface area contributed by atoms with Gasteiger partial charge >= 0.3 is 0 Å². The molecule has 0 spiro atoms. The summed E-state index contributed by atoms with van der Waals surface area (Å²) >= 11 is 0. The van der Waals surface area contributed by atoms with Crippen LogP contribution < -0.4 is 19.2 Å². The number of para-hydroxylation sites is 1. The van der Waals surface area contributed by atoms with Crippen LogP contribution in [0, 0.1) is 0 Å². The van der Waals surface area contributed by atoms with Gasteiger partial charge in [0.2, 0.25) is 0 Å². The third-order valence-corrected chi connectivity index (χ3v) is 4.96. The highest BCUT2D eigenvalue weighted by Crippen LogP contribution is 2.31. The molecule has 6 heteroatoms. The predicted molar refractivity (Wildman–Crippen MR) is 121 cm³/mol. The van der Waals surface area contributed by atoms with Crippen molar-refractivity contribution >= 4 is 23.4 Å². The number of carbonyl (C=O) groups excluding carboxylic acids is 1. The molecule has 1 heterocycles. The molecule has 4 rings (SSSR count). The van der Waals surface area contributed by atoms with Gasteiger partial charge in [-0.05, 0) is 60.2 Å². The summed E-state index contributed by atoms with van der Waals surface area (Å²) in [6.07, 6.45) is 1.82. The highest BCUT2D eigenvalue weighted by atomic mass is 16.5. The number of hydrazone groups is 1. The molecule has 0 unspecified atom stereocenters. The topological polar surface area (TPSA) is 60.4 Å². The lowest BCUT2D eigenvalue weighted by Gasteiger charge is -2.11. The van der Waals surface area contributed by atoms with Crippen molar-refractivity contribution < 1.29 is 19.0 Å². The number of benzene rings is 3. The first kappa shape index (κ1) is 20.2. The molecule has 1 aliphatic rings. The second kappa shape index (κ2) is 8.75. The minimum absolute atomic E-state index is 0.202. The van der Waals surface area contributed by atoms with Crippen LogP contribution in [0.4, 0.5) is 5.69 Å². The Kier molecular flexibility index (Phi) is 5.71. The average Bonchev–Trinajstić information content (AvgIpc) is 3.15. The minimum Gasteiger partial charge on any atom is -0.497 e. The Morgan fingerprint density at radius 3 is 2.16 bits per heavy atom. The van der Waals surface area contributed by atoms with E-state index < -0.39 is 0 Å². The summed E-state index contributed by atoms with van der Waals surface area (Å²) in [5, 5.41) is 6.08. The van der Waals surface area contributed by atoms with E-state index in [0.29, 0.717) is 28.5 Å². The molecule has 0 radical (unpaired) electrons. The van der Waals surface area contributed by atoms with Gasteiger partial charge in [-0.25, -0.2) is 0 Å². The van der Waals surface area contributed by atoms with Crippen LogP contribution in [-0.2, 0) is 4.79 Å². The van der Waals surface area contributed by atoms with E-state index in [0.717, 1.165) is 16.9 Å². The average molecular weight is 414 g/mol. The number of anilines is 1. The molecule has 0 saturated heterocycles. The number of carbonyl (C=O) groups is 1. The lowest BCUT2D eigenvalue weighted by atomic mass is 10.00. The van der Waals surface area contributed by atoms with Crippen LogP contribution >= 0.6 is 0 Å². The molecular formula is C25H22N2O4. The Bertz CT molecular complexity index is 1150. The van der Waals surface area contributed by atoms with Crippen molar-refractivity contribution in [1.82, 2.24) is 0 Å². The fraction of sp³-hybridized carbons (Fsp3) is 0.120. The molecule has 156 valence electrons. The van der Waals surface area contributed by atoms with Gasteiger partial charge in [-0.1, -0.05) is 24.3 Å². The molecule has 0 aliphatic carbocycles. The largest absolute Gasteiger partial charge is 0.497 e. The molecule has 0 atom stereocenters. The number of methoxy groups -OCH3 is 3. The van der Waals surface area contributed by atoms with Gasteiger partial charge in [-0.3, -0.25) is 4.79 Å².